The Labute approximate surface area is 115 Å². The fourth-order valence-corrected chi connectivity index (χ4v) is 1.42. The van der Waals surface area contributed by atoms with Crippen LogP contribution in [0.4, 0.5) is 11.8 Å². The molecule has 2 aromatic rings. The predicted octanol–water partition coefficient (Wildman–Crippen LogP) is 1.08. The van der Waals surface area contributed by atoms with Gasteiger partial charge in [-0.15, -0.1) is 0 Å². The number of nitrogens with one attached hydrogen (secondary N) is 2. The Morgan fingerprint density at radius 3 is 2.75 bits per heavy atom. The number of nitrogens with zero attached hydrogens (tertiary/aromatic N) is 3. The van der Waals surface area contributed by atoms with Gasteiger partial charge in [0.15, 0.2) is 5.82 Å². The third-order valence-electron chi connectivity index (χ3n) is 2.37. The molecule has 2 heterocycles. The predicted molar refractivity (Wildman–Crippen MR) is 71.6 cm³/mol. The minimum absolute atomic E-state index is 0.336. The third kappa shape index (κ3) is 3.75. The summed E-state index contributed by atoms with van der Waals surface area (Å²) >= 11 is 0. The van der Waals surface area contributed by atoms with Crippen LogP contribution in [0, 0.1) is 6.92 Å². The summed E-state index contributed by atoms with van der Waals surface area (Å²) < 4.78 is 9.75. The van der Waals surface area contributed by atoms with Gasteiger partial charge in [-0.2, -0.15) is 0 Å². The molecule has 0 aliphatic heterocycles. The molecule has 0 aliphatic carbocycles. The lowest BCUT2D eigenvalue weighted by atomic mass is 10.3. The fraction of sp³-hybridized carbons (Fsp3) is 0.333. The monoisotopic (exact) mass is 277 g/mol. The Hall–Kier alpha value is -2.48. The van der Waals surface area contributed by atoms with Gasteiger partial charge >= 0.3 is 0 Å². The lowest BCUT2D eigenvalue weighted by Gasteiger charge is -2.04. The molecule has 0 spiro atoms. The molecule has 0 saturated heterocycles. The van der Waals surface area contributed by atoms with Crippen molar-refractivity contribution in [3.63, 3.8) is 0 Å². The van der Waals surface area contributed by atoms with E-state index in [0.29, 0.717) is 36.2 Å². The molecule has 8 heteroatoms. The average Bonchev–Trinajstić information content (AvgIpc) is 2.85. The van der Waals surface area contributed by atoms with E-state index in [0.717, 1.165) is 0 Å². The van der Waals surface area contributed by atoms with Crippen molar-refractivity contribution in [2.24, 2.45) is 0 Å². The number of carbonyl (C=O) groups excluding carboxylic acids is 1. The van der Waals surface area contributed by atoms with E-state index in [-0.39, 0.29) is 5.91 Å². The molecular formula is C12H15N5O3. The van der Waals surface area contributed by atoms with Crippen molar-refractivity contribution < 1.29 is 14.1 Å². The maximum atomic E-state index is 11.9. The lowest BCUT2D eigenvalue weighted by molar-refractivity contribution is 0.102. The van der Waals surface area contributed by atoms with Gasteiger partial charge in [0.05, 0.1) is 12.2 Å². The number of aryl methyl sites for hydroxylation is 1. The van der Waals surface area contributed by atoms with Crippen molar-refractivity contribution in [3.8, 4) is 0 Å². The van der Waals surface area contributed by atoms with Crippen LogP contribution in [-0.2, 0) is 4.74 Å². The van der Waals surface area contributed by atoms with E-state index in [4.69, 9.17) is 9.26 Å². The van der Waals surface area contributed by atoms with Crippen molar-refractivity contribution in [3.05, 3.63) is 29.8 Å². The lowest BCUT2D eigenvalue weighted by Crippen LogP contribution is -2.14. The molecule has 0 unspecified atom stereocenters. The molecule has 0 atom stereocenters. The smallest absolute Gasteiger partial charge is 0.260 e. The summed E-state index contributed by atoms with van der Waals surface area (Å²) in [7, 11) is 1.61. The molecule has 2 rings (SSSR count). The number of amides is 1. The van der Waals surface area contributed by atoms with Gasteiger partial charge in [-0.25, -0.2) is 9.97 Å². The molecule has 8 nitrogen and oxygen atoms in total. The van der Waals surface area contributed by atoms with Crippen molar-refractivity contribution in [1.29, 1.82) is 0 Å². The first-order valence-corrected chi connectivity index (χ1v) is 5.98. The minimum atomic E-state index is -0.346. The molecule has 0 aliphatic rings. The van der Waals surface area contributed by atoms with Gasteiger partial charge in [-0.3, -0.25) is 4.79 Å². The Bertz CT molecular complexity index is 567. The van der Waals surface area contributed by atoms with Crippen molar-refractivity contribution in [2.45, 2.75) is 6.92 Å². The SMILES string of the molecule is COCCNc1ncc(C(=O)Nc2cc(C)on2)cn1. The van der Waals surface area contributed by atoms with Crippen LogP contribution in [0.1, 0.15) is 16.1 Å². The van der Waals surface area contributed by atoms with Gasteiger partial charge in [-0.1, -0.05) is 5.16 Å². The van der Waals surface area contributed by atoms with Crippen LogP contribution in [0.3, 0.4) is 0 Å². The summed E-state index contributed by atoms with van der Waals surface area (Å²) in [4.78, 5) is 20.0. The molecule has 2 N–H and O–H groups in total. The van der Waals surface area contributed by atoms with E-state index in [1.165, 1.54) is 12.4 Å². The molecule has 1 amide bonds. The standard InChI is InChI=1S/C12H15N5O3/c1-8-5-10(17-20-8)16-11(18)9-6-14-12(15-7-9)13-3-4-19-2/h5-7H,3-4H2,1-2H3,(H,13,14,15)(H,16,17,18). The highest BCUT2D eigenvalue weighted by atomic mass is 16.5. The molecule has 0 radical (unpaired) electrons. The average molecular weight is 277 g/mol. The molecule has 20 heavy (non-hydrogen) atoms. The molecule has 0 saturated carbocycles. The first-order chi connectivity index (χ1) is 9.69. The topological polar surface area (TPSA) is 102 Å². The zero-order valence-corrected chi connectivity index (χ0v) is 11.2. The summed E-state index contributed by atoms with van der Waals surface area (Å²) in [6, 6.07) is 1.62. The number of ether oxygens (including phenoxy) is 1. The molecular weight excluding hydrogens is 262 g/mol. The van der Waals surface area contributed by atoms with Crippen molar-refractivity contribution in [2.75, 3.05) is 30.9 Å². The summed E-state index contributed by atoms with van der Waals surface area (Å²) in [5, 5.41) is 9.22. The first-order valence-electron chi connectivity index (χ1n) is 5.98. The van der Waals surface area contributed by atoms with E-state index in [1.807, 2.05) is 0 Å². The Kier molecular flexibility index (Phi) is 4.61. The number of hydrogen-bond acceptors (Lipinski definition) is 7. The maximum absolute atomic E-state index is 11.9. The van der Waals surface area contributed by atoms with Gasteiger partial charge in [0.1, 0.15) is 5.76 Å². The summed E-state index contributed by atoms with van der Waals surface area (Å²) in [6.45, 7) is 2.89. The number of anilines is 2. The second-order valence-electron chi connectivity index (χ2n) is 3.99. The van der Waals surface area contributed by atoms with Gasteiger partial charge in [0.25, 0.3) is 5.91 Å². The second-order valence-corrected chi connectivity index (χ2v) is 3.99. The van der Waals surface area contributed by atoms with E-state index in [1.54, 1.807) is 20.1 Å². The zero-order chi connectivity index (χ0) is 14.4. The van der Waals surface area contributed by atoms with Gasteiger partial charge in [0, 0.05) is 32.1 Å². The van der Waals surface area contributed by atoms with E-state index in [9.17, 15) is 4.79 Å². The third-order valence-corrected chi connectivity index (χ3v) is 2.37. The molecule has 0 aromatic carbocycles. The number of hydrogen-bond donors (Lipinski definition) is 2. The van der Waals surface area contributed by atoms with Gasteiger partial charge in [0.2, 0.25) is 5.95 Å². The van der Waals surface area contributed by atoms with Crippen LogP contribution < -0.4 is 10.6 Å². The Morgan fingerprint density at radius 2 is 2.15 bits per heavy atom. The highest BCUT2D eigenvalue weighted by molar-refractivity contribution is 6.03. The van der Waals surface area contributed by atoms with Crippen molar-refractivity contribution >= 4 is 17.7 Å². The highest BCUT2D eigenvalue weighted by Crippen LogP contribution is 2.09. The first kappa shape index (κ1) is 13.9. The summed E-state index contributed by atoms with van der Waals surface area (Å²) in [6.07, 6.45) is 2.87. The van der Waals surface area contributed by atoms with Crippen molar-refractivity contribution in [1.82, 2.24) is 15.1 Å². The van der Waals surface area contributed by atoms with Gasteiger partial charge < -0.3 is 19.9 Å². The van der Waals surface area contributed by atoms with Crippen LogP contribution in [-0.4, -0.2) is 41.3 Å². The van der Waals surface area contributed by atoms with Crippen LogP contribution in [0.5, 0.6) is 0 Å². The number of methoxy groups -OCH3 is 1. The minimum Gasteiger partial charge on any atom is -0.383 e. The van der Waals surface area contributed by atoms with Gasteiger partial charge in [-0.05, 0) is 6.92 Å². The molecule has 106 valence electrons. The van der Waals surface area contributed by atoms with E-state index >= 15 is 0 Å². The Morgan fingerprint density at radius 1 is 1.40 bits per heavy atom. The summed E-state index contributed by atoms with van der Waals surface area (Å²) in [5.41, 5.74) is 0.336. The normalized spacial score (nSPS) is 10.3. The number of rotatable bonds is 6. The highest BCUT2D eigenvalue weighted by Gasteiger charge is 2.10. The molecule has 0 bridgehead atoms. The van der Waals surface area contributed by atoms with Crippen LogP contribution >= 0.6 is 0 Å². The van der Waals surface area contributed by atoms with E-state index < -0.39 is 0 Å². The fourth-order valence-electron chi connectivity index (χ4n) is 1.42. The van der Waals surface area contributed by atoms with E-state index in [2.05, 4.69) is 25.8 Å². The summed E-state index contributed by atoms with van der Waals surface area (Å²) in [5.74, 6) is 1.07. The number of aromatic nitrogens is 3. The zero-order valence-electron chi connectivity index (χ0n) is 11.2. The second kappa shape index (κ2) is 6.62. The van der Waals surface area contributed by atoms with Crippen LogP contribution in [0.25, 0.3) is 0 Å². The molecule has 0 fully saturated rings. The maximum Gasteiger partial charge on any atom is 0.260 e. The van der Waals surface area contributed by atoms with Crippen LogP contribution in [0.2, 0.25) is 0 Å². The number of carbonyl (C=O) groups is 1. The largest absolute Gasteiger partial charge is 0.383 e. The molecule has 2 aromatic heterocycles. The van der Waals surface area contributed by atoms with Crippen LogP contribution in [0.15, 0.2) is 23.0 Å². The quantitative estimate of drug-likeness (QED) is 0.762. The Balaban J connectivity index is 1.93.